The van der Waals surface area contributed by atoms with Gasteiger partial charge in [-0.1, -0.05) is 0 Å². The lowest BCUT2D eigenvalue weighted by Gasteiger charge is -2.38. The summed E-state index contributed by atoms with van der Waals surface area (Å²) in [6, 6.07) is 2.18. The molecule has 7 nitrogen and oxygen atoms in total. The maximum Gasteiger partial charge on any atom is 0.391 e. The highest BCUT2D eigenvalue weighted by molar-refractivity contribution is 7.19. The van der Waals surface area contributed by atoms with Crippen LogP contribution in [0, 0.1) is 5.92 Å². The molecule has 2 amide bonds. The molecule has 30 heavy (non-hydrogen) atoms. The van der Waals surface area contributed by atoms with Gasteiger partial charge in [-0.2, -0.15) is 13.2 Å². The van der Waals surface area contributed by atoms with Crippen LogP contribution in [0.25, 0.3) is 10.2 Å². The number of likely N-dealkylation sites (tertiary alicyclic amines) is 1. The van der Waals surface area contributed by atoms with Gasteiger partial charge in [0, 0.05) is 19.6 Å². The number of fused-ring (bicyclic) bond motifs is 1. The Morgan fingerprint density at radius 2 is 2.03 bits per heavy atom. The fraction of sp³-hybridized carbons (Fsp3) is 0.579. The van der Waals surface area contributed by atoms with E-state index in [0.29, 0.717) is 42.6 Å². The maximum absolute atomic E-state index is 13.4. The summed E-state index contributed by atoms with van der Waals surface area (Å²) in [7, 11) is 1.53. The minimum Gasteiger partial charge on any atom is -0.494 e. The van der Waals surface area contributed by atoms with Crippen LogP contribution in [0.3, 0.4) is 0 Å². The molecular weight excluding hydrogens is 421 g/mol. The van der Waals surface area contributed by atoms with Crippen LogP contribution in [-0.2, 0) is 4.74 Å². The Morgan fingerprint density at radius 3 is 2.67 bits per heavy atom. The van der Waals surface area contributed by atoms with Gasteiger partial charge in [-0.25, -0.2) is 9.78 Å². The van der Waals surface area contributed by atoms with Gasteiger partial charge in [-0.05, 0) is 25.0 Å². The number of benzene rings is 1. The number of alkyl halides is 3. The number of aromatic nitrogens is 1. The molecule has 2 fully saturated rings. The first-order valence-electron chi connectivity index (χ1n) is 9.72. The maximum atomic E-state index is 13.4. The molecule has 1 aromatic heterocycles. The number of ether oxygens (including phenoxy) is 2. The first-order valence-corrected chi connectivity index (χ1v) is 10.5. The molecule has 164 valence electrons. The summed E-state index contributed by atoms with van der Waals surface area (Å²) in [5.41, 5.74) is 7.00. The molecule has 0 radical (unpaired) electrons. The summed E-state index contributed by atoms with van der Waals surface area (Å²) in [4.78, 5) is 20.0. The zero-order chi connectivity index (χ0) is 21.5. The third-order valence-electron chi connectivity index (χ3n) is 5.71. The van der Waals surface area contributed by atoms with Gasteiger partial charge in [0.2, 0.25) is 0 Å². The molecule has 2 N–H and O–H groups in total. The predicted octanol–water partition coefficient (Wildman–Crippen LogP) is 3.54. The van der Waals surface area contributed by atoms with Gasteiger partial charge in [0.05, 0.1) is 42.7 Å². The van der Waals surface area contributed by atoms with E-state index in [1.54, 1.807) is 0 Å². The summed E-state index contributed by atoms with van der Waals surface area (Å²) in [5, 5.41) is 0.441. The van der Waals surface area contributed by atoms with Gasteiger partial charge in [-0.3, -0.25) is 0 Å². The quantitative estimate of drug-likeness (QED) is 0.783. The topological polar surface area (TPSA) is 80.9 Å². The molecule has 1 aromatic carbocycles. The van der Waals surface area contributed by atoms with Crippen molar-refractivity contribution in [2.45, 2.75) is 25.1 Å². The monoisotopic (exact) mass is 444 g/mol. The van der Waals surface area contributed by atoms with Crippen LogP contribution in [0.5, 0.6) is 5.75 Å². The molecule has 2 atom stereocenters. The van der Waals surface area contributed by atoms with Crippen LogP contribution < -0.4 is 15.4 Å². The van der Waals surface area contributed by atoms with Crippen LogP contribution in [-0.4, -0.2) is 62.0 Å². The number of urea groups is 1. The van der Waals surface area contributed by atoms with Crippen molar-refractivity contribution in [3.05, 3.63) is 17.1 Å². The number of amides is 2. The average molecular weight is 444 g/mol. The number of nitrogens with two attached hydrogens (primary N) is 1. The smallest absolute Gasteiger partial charge is 0.391 e. The highest BCUT2D eigenvalue weighted by atomic mass is 32.1. The van der Waals surface area contributed by atoms with Gasteiger partial charge >= 0.3 is 12.2 Å². The van der Waals surface area contributed by atoms with Crippen LogP contribution in [0.15, 0.2) is 12.1 Å². The molecular formula is C19H23F3N4O3S. The Balaban J connectivity index is 1.77. The second-order valence-corrected chi connectivity index (χ2v) is 8.46. The van der Waals surface area contributed by atoms with Gasteiger partial charge in [0.15, 0.2) is 0 Å². The van der Waals surface area contributed by atoms with Crippen LogP contribution in [0.2, 0.25) is 0 Å². The predicted molar refractivity (Wildman–Crippen MR) is 107 cm³/mol. The molecule has 2 saturated heterocycles. The lowest BCUT2D eigenvalue weighted by molar-refractivity contribution is -0.188. The van der Waals surface area contributed by atoms with E-state index in [1.807, 2.05) is 12.1 Å². The number of primary amides is 1. The highest BCUT2D eigenvalue weighted by Crippen LogP contribution is 2.46. The van der Waals surface area contributed by atoms with E-state index < -0.39 is 24.2 Å². The van der Waals surface area contributed by atoms with E-state index in [0.717, 1.165) is 10.4 Å². The fourth-order valence-electron chi connectivity index (χ4n) is 4.11. The SMILES string of the molecule is COc1ccc(N2CCOCC2)c2sc(C3CC(C(F)(F)F)CCN3C(N)=O)nc12. The Hall–Kier alpha value is -2.27. The van der Waals surface area contributed by atoms with Crippen molar-refractivity contribution in [2.75, 3.05) is 44.9 Å². The van der Waals surface area contributed by atoms with Crippen LogP contribution in [0.4, 0.5) is 23.7 Å². The third-order valence-corrected chi connectivity index (χ3v) is 6.89. The van der Waals surface area contributed by atoms with E-state index in [-0.39, 0.29) is 19.4 Å². The number of nitrogens with zero attached hydrogens (tertiary/aromatic N) is 3. The van der Waals surface area contributed by atoms with Crippen molar-refractivity contribution in [2.24, 2.45) is 11.7 Å². The van der Waals surface area contributed by atoms with E-state index in [2.05, 4.69) is 9.88 Å². The number of thiazole rings is 1. The number of carbonyl (C=O) groups is 1. The minimum atomic E-state index is -4.32. The normalized spacial score (nSPS) is 23.1. The zero-order valence-corrected chi connectivity index (χ0v) is 17.3. The van der Waals surface area contributed by atoms with Crippen molar-refractivity contribution in [3.63, 3.8) is 0 Å². The second kappa shape index (κ2) is 8.10. The lowest BCUT2D eigenvalue weighted by atomic mass is 9.90. The average Bonchev–Trinajstić information content (AvgIpc) is 3.18. The molecule has 0 aliphatic carbocycles. The molecule has 4 rings (SSSR count). The summed E-state index contributed by atoms with van der Waals surface area (Å²) >= 11 is 1.30. The van der Waals surface area contributed by atoms with E-state index in [1.165, 1.54) is 23.3 Å². The number of halogens is 3. The number of methoxy groups -OCH3 is 1. The third kappa shape index (κ3) is 3.87. The summed E-state index contributed by atoms with van der Waals surface area (Å²) in [5.74, 6) is -0.955. The Kier molecular flexibility index (Phi) is 5.67. The molecule has 2 unspecified atom stereocenters. The fourth-order valence-corrected chi connectivity index (χ4v) is 5.36. The van der Waals surface area contributed by atoms with Crippen LogP contribution in [0.1, 0.15) is 23.9 Å². The number of hydrogen-bond donors (Lipinski definition) is 1. The summed E-state index contributed by atoms with van der Waals surface area (Å²) < 4.78 is 51.9. The molecule has 0 bridgehead atoms. The van der Waals surface area contributed by atoms with Crippen molar-refractivity contribution >= 4 is 33.3 Å². The number of piperidine rings is 1. The number of carbonyl (C=O) groups excluding carboxylic acids is 1. The van der Waals surface area contributed by atoms with E-state index in [4.69, 9.17) is 15.2 Å². The minimum absolute atomic E-state index is 0.0481. The Bertz CT molecular complexity index is 930. The van der Waals surface area contributed by atoms with Crippen molar-refractivity contribution in [1.29, 1.82) is 0 Å². The van der Waals surface area contributed by atoms with Gasteiger partial charge < -0.3 is 25.0 Å². The molecule has 0 spiro atoms. The Labute approximate surface area is 175 Å². The van der Waals surface area contributed by atoms with Crippen molar-refractivity contribution < 1.29 is 27.4 Å². The first-order chi connectivity index (χ1) is 14.3. The molecule has 3 heterocycles. The Morgan fingerprint density at radius 1 is 1.30 bits per heavy atom. The van der Waals surface area contributed by atoms with Crippen molar-refractivity contribution in [1.82, 2.24) is 9.88 Å². The lowest BCUT2D eigenvalue weighted by Crippen LogP contribution is -2.46. The summed E-state index contributed by atoms with van der Waals surface area (Å²) in [6.45, 7) is 2.58. The van der Waals surface area contributed by atoms with E-state index >= 15 is 0 Å². The van der Waals surface area contributed by atoms with Crippen molar-refractivity contribution in [3.8, 4) is 5.75 Å². The van der Waals surface area contributed by atoms with Crippen LogP contribution >= 0.6 is 11.3 Å². The number of hydrogen-bond acceptors (Lipinski definition) is 6. The molecule has 2 aliphatic heterocycles. The highest BCUT2D eigenvalue weighted by Gasteiger charge is 2.46. The first kappa shape index (κ1) is 21.0. The van der Waals surface area contributed by atoms with Gasteiger partial charge in [0.1, 0.15) is 16.3 Å². The number of anilines is 1. The van der Waals surface area contributed by atoms with Gasteiger partial charge in [0.25, 0.3) is 0 Å². The van der Waals surface area contributed by atoms with Gasteiger partial charge in [-0.15, -0.1) is 11.3 Å². The standard InChI is InChI=1S/C19H23F3N4O3S/c1-28-14-3-2-12(25-6-8-29-9-7-25)16-15(14)24-17(30-16)13-10-11(19(20,21)22)4-5-26(13)18(23)27/h2-3,11,13H,4-10H2,1H3,(H2,23,27). The number of rotatable bonds is 3. The number of morpholine rings is 1. The molecule has 2 aromatic rings. The second-order valence-electron chi connectivity index (χ2n) is 7.43. The van der Waals surface area contributed by atoms with E-state index in [9.17, 15) is 18.0 Å². The molecule has 0 saturated carbocycles. The largest absolute Gasteiger partial charge is 0.494 e. The zero-order valence-electron chi connectivity index (χ0n) is 16.4. The molecule has 2 aliphatic rings. The molecule has 11 heteroatoms. The summed E-state index contributed by atoms with van der Waals surface area (Å²) in [6.07, 6.45) is -4.73.